The van der Waals surface area contributed by atoms with Crippen molar-refractivity contribution in [2.75, 3.05) is 9.80 Å². The maximum Gasteiger partial charge on any atom is 0.242 e. The first-order valence-electron chi connectivity index (χ1n) is 17.1. The van der Waals surface area contributed by atoms with Gasteiger partial charge in [-0.2, -0.15) is 5.10 Å². The van der Waals surface area contributed by atoms with Crippen LogP contribution in [0.15, 0.2) is 84.4 Å². The van der Waals surface area contributed by atoms with E-state index in [-0.39, 0.29) is 24.0 Å². The SMILES string of the molecule is Cc1c(-c2cc(N3C(=O)[C@@H]4C[C@@H]5C(=CC[C@@H]6C(=O)N(c7ccc(Cl)cc7)C(=O)[C@@H]65)[C@H](c5ccccc5O)[C@]4(C)C3=O)n(C)n2)sc2ccc(Cl)cc12. The summed E-state index contributed by atoms with van der Waals surface area (Å²) in [5.74, 6) is -4.52. The van der Waals surface area contributed by atoms with Crippen molar-refractivity contribution in [1.82, 2.24) is 9.78 Å². The van der Waals surface area contributed by atoms with Crippen LogP contribution in [0.5, 0.6) is 5.75 Å². The van der Waals surface area contributed by atoms with Gasteiger partial charge in [0, 0.05) is 39.3 Å². The van der Waals surface area contributed by atoms with Crippen LogP contribution in [0, 0.1) is 36.0 Å². The zero-order chi connectivity index (χ0) is 36.4. The Morgan fingerprint density at radius 3 is 2.37 bits per heavy atom. The van der Waals surface area contributed by atoms with Crippen LogP contribution >= 0.6 is 34.5 Å². The lowest BCUT2D eigenvalue weighted by Gasteiger charge is -2.49. The molecule has 0 bridgehead atoms. The Kier molecular flexibility index (Phi) is 7.39. The second kappa shape index (κ2) is 11.6. The zero-order valence-electron chi connectivity index (χ0n) is 28.3. The number of nitrogens with zero attached hydrogens (tertiary/aromatic N) is 4. The van der Waals surface area contributed by atoms with Crippen molar-refractivity contribution in [2.45, 2.75) is 32.6 Å². The summed E-state index contributed by atoms with van der Waals surface area (Å²) in [7, 11) is 1.71. The molecule has 262 valence electrons. The second-order valence-corrected chi connectivity index (χ2v) is 16.3. The van der Waals surface area contributed by atoms with E-state index < -0.39 is 46.8 Å². The fraction of sp³-hybridized carbons (Fsp3) is 0.275. The number of aromatic hydroxyl groups is 1. The fourth-order valence-electron chi connectivity index (χ4n) is 9.37. The number of carbonyl (C=O) groups excluding carboxylic acids is 4. The quantitative estimate of drug-likeness (QED) is 0.147. The van der Waals surface area contributed by atoms with Crippen LogP contribution < -0.4 is 9.80 Å². The number of halogens is 2. The first-order valence-corrected chi connectivity index (χ1v) is 18.7. The van der Waals surface area contributed by atoms with E-state index in [0.717, 1.165) is 26.1 Å². The summed E-state index contributed by atoms with van der Waals surface area (Å²) in [5, 5.41) is 18.2. The van der Waals surface area contributed by atoms with Crippen molar-refractivity contribution in [3.8, 4) is 16.3 Å². The third-order valence-electron chi connectivity index (χ3n) is 11.8. The van der Waals surface area contributed by atoms with Crippen molar-refractivity contribution in [1.29, 1.82) is 0 Å². The van der Waals surface area contributed by atoms with Crippen molar-refractivity contribution in [2.24, 2.45) is 36.1 Å². The molecule has 4 heterocycles. The number of para-hydroxylation sites is 1. The van der Waals surface area contributed by atoms with Crippen molar-refractivity contribution >= 4 is 79.8 Å². The molecule has 1 N–H and O–H groups in total. The Balaban J connectivity index is 1.15. The average molecular weight is 752 g/mol. The van der Waals surface area contributed by atoms with Gasteiger partial charge in [-0.15, -0.1) is 11.3 Å². The van der Waals surface area contributed by atoms with Crippen LogP contribution in [0.4, 0.5) is 11.5 Å². The first-order chi connectivity index (χ1) is 24.9. The molecule has 0 radical (unpaired) electrons. The maximum absolute atomic E-state index is 15.0. The number of imide groups is 2. The molecule has 0 unspecified atom stereocenters. The highest BCUT2D eigenvalue weighted by Crippen LogP contribution is 2.64. The van der Waals surface area contributed by atoms with Crippen LogP contribution in [0.3, 0.4) is 0 Å². The Morgan fingerprint density at radius 1 is 0.885 bits per heavy atom. The first kappa shape index (κ1) is 33.1. The van der Waals surface area contributed by atoms with Gasteiger partial charge in [-0.05, 0) is 92.1 Å². The number of hydrogen-bond donors (Lipinski definition) is 1. The number of carbonyl (C=O) groups is 4. The number of allylic oxidation sites excluding steroid dienone is 2. The number of hydrogen-bond acceptors (Lipinski definition) is 7. The molecule has 4 aliphatic rings. The lowest BCUT2D eigenvalue weighted by atomic mass is 9.51. The van der Waals surface area contributed by atoms with Crippen LogP contribution in [0.2, 0.25) is 10.0 Å². The van der Waals surface area contributed by atoms with Gasteiger partial charge in [-0.25, -0.2) is 4.90 Å². The molecule has 6 atom stereocenters. The maximum atomic E-state index is 15.0. The number of fused-ring (bicyclic) bond motifs is 5. The predicted molar refractivity (Wildman–Crippen MR) is 200 cm³/mol. The Bertz CT molecular complexity index is 2440. The summed E-state index contributed by atoms with van der Waals surface area (Å²) in [6, 6.07) is 21.0. The van der Waals surface area contributed by atoms with Crippen LogP contribution in [0.25, 0.3) is 20.7 Å². The molecule has 5 aromatic rings. The van der Waals surface area contributed by atoms with Gasteiger partial charge in [0.2, 0.25) is 23.6 Å². The van der Waals surface area contributed by atoms with Gasteiger partial charge in [0.05, 0.1) is 33.7 Å². The molecule has 0 spiro atoms. The Morgan fingerprint density at radius 2 is 1.62 bits per heavy atom. The van der Waals surface area contributed by atoms with Crippen LogP contribution in [-0.2, 0) is 26.2 Å². The van der Waals surface area contributed by atoms with E-state index in [2.05, 4.69) is 0 Å². The summed E-state index contributed by atoms with van der Waals surface area (Å²) < 4.78 is 2.61. The minimum atomic E-state index is -1.30. The molecule has 2 saturated heterocycles. The van der Waals surface area contributed by atoms with E-state index in [0.29, 0.717) is 39.2 Å². The molecule has 3 fully saturated rings. The minimum Gasteiger partial charge on any atom is -0.508 e. The molecule has 52 heavy (non-hydrogen) atoms. The van der Waals surface area contributed by atoms with Gasteiger partial charge in [-0.1, -0.05) is 53.1 Å². The molecule has 4 amide bonds. The monoisotopic (exact) mass is 750 g/mol. The van der Waals surface area contributed by atoms with E-state index in [1.807, 2.05) is 31.2 Å². The van der Waals surface area contributed by atoms with Gasteiger partial charge >= 0.3 is 0 Å². The summed E-state index contributed by atoms with van der Waals surface area (Å²) >= 11 is 14.0. The molecule has 2 aromatic heterocycles. The standard InChI is InChI=1S/C40H32Cl2N4O5S/c1-19-26-16-21(42)10-15-31(26)52-35(19)29-18-32(44(3)43-29)46-37(49)28-17-27-23(34(40(28,2)39(46)51)24-6-4-5-7-30(24)47)13-14-25-33(27)38(50)45(36(25)48)22-11-8-20(41)9-12-22/h4-13,15-16,18,25,27-28,33-34,47H,14,17H2,1-3H3/t25-,27+,28-,33-,34+,40+/m0/s1. The van der Waals surface area contributed by atoms with Crippen molar-refractivity contribution < 1.29 is 24.3 Å². The molecule has 2 aliphatic heterocycles. The van der Waals surface area contributed by atoms with Gasteiger partial charge in [0.15, 0.2) is 0 Å². The predicted octanol–water partition coefficient (Wildman–Crippen LogP) is 8.06. The number of thiophene rings is 1. The third kappa shape index (κ3) is 4.50. The Hall–Kier alpha value is -4.77. The van der Waals surface area contributed by atoms with Gasteiger partial charge in [0.1, 0.15) is 17.3 Å². The second-order valence-electron chi connectivity index (χ2n) is 14.4. The highest BCUT2D eigenvalue weighted by atomic mass is 35.5. The van der Waals surface area contributed by atoms with Crippen molar-refractivity contribution in [3.63, 3.8) is 0 Å². The molecule has 12 heteroatoms. The van der Waals surface area contributed by atoms with Gasteiger partial charge < -0.3 is 5.11 Å². The van der Waals surface area contributed by atoms with Gasteiger partial charge in [-0.3, -0.25) is 28.8 Å². The number of phenolic OH excluding ortho intramolecular Hbond substituents is 1. The van der Waals surface area contributed by atoms with Gasteiger partial charge in [0.25, 0.3) is 0 Å². The topological polar surface area (TPSA) is 113 Å². The van der Waals surface area contributed by atoms with E-state index in [4.69, 9.17) is 28.3 Å². The summed E-state index contributed by atoms with van der Waals surface area (Å²) in [4.78, 5) is 61.4. The molecule has 3 aromatic carbocycles. The number of benzene rings is 3. The largest absolute Gasteiger partial charge is 0.508 e. The summed E-state index contributed by atoms with van der Waals surface area (Å²) in [5.41, 5.74) is 2.07. The number of anilines is 2. The smallest absolute Gasteiger partial charge is 0.242 e. The number of amides is 4. The molecule has 2 aliphatic carbocycles. The van der Waals surface area contributed by atoms with Crippen molar-refractivity contribution in [3.05, 3.63) is 106 Å². The van der Waals surface area contributed by atoms with E-state index >= 15 is 0 Å². The zero-order valence-corrected chi connectivity index (χ0v) is 30.7. The van der Waals surface area contributed by atoms with Crippen LogP contribution in [0.1, 0.15) is 36.8 Å². The molecular formula is C40H32Cl2N4O5S. The Labute approximate surface area is 313 Å². The minimum absolute atomic E-state index is 0.00498. The number of aromatic nitrogens is 2. The number of phenols is 1. The molecule has 1 saturated carbocycles. The normalized spacial score (nSPS) is 26.9. The van der Waals surface area contributed by atoms with E-state index in [9.17, 15) is 24.3 Å². The van der Waals surface area contributed by atoms with Crippen LogP contribution in [-0.4, -0.2) is 38.5 Å². The average Bonchev–Trinajstić information content (AvgIpc) is 3.79. The fourth-order valence-corrected chi connectivity index (χ4v) is 10.8. The highest BCUT2D eigenvalue weighted by molar-refractivity contribution is 7.22. The lowest BCUT2D eigenvalue weighted by molar-refractivity contribution is -0.131. The summed E-state index contributed by atoms with van der Waals surface area (Å²) in [6.45, 7) is 3.81. The molecular weight excluding hydrogens is 719 g/mol. The number of rotatable bonds is 4. The van der Waals surface area contributed by atoms with E-state index in [1.54, 1.807) is 84.6 Å². The lowest BCUT2D eigenvalue weighted by Crippen LogP contribution is -2.49. The summed E-state index contributed by atoms with van der Waals surface area (Å²) in [6.07, 6.45) is 2.47. The molecule has 9 rings (SSSR count). The molecule has 9 nitrogen and oxygen atoms in total. The highest BCUT2D eigenvalue weighted by Gasteiger charge is 2.68. The number of aryl methyl sites for hydroxylation is 2. The third-order valence-corrected chi connectivity index (χ3v) is 13.6. The van der Waals surface area contributed by atoms with E-state index in [1.165, 1.54) is 9.80 Å².